The largest absolute Gasteiger partial charge is 0.381 e. The smallest absolute Gasteiger partial charge is 0.224 e. The SMILES string of the molecule is CCC(=O)Nc1ccc(Cl)c(NC2CCOCC2)c1. The lowest BCUT2D eigenvalue weighted by molar-refractivity contribution is -0.115. The number of benzene rings is 1. The van der Waals surface area contributed by atoms with E-state index in [-0.39, 0.29) is 5.91 Å². The molecule has 0 unspecified atom stereocenters. The molecule has 1 aliphatic heterocycles. The van der Waals surface area contributed by atoms with Crippen LogP contribution in [0.25, 0.3) is 0 Å². The van der Waals surface area contributed by atoms with Gasteiger partial charge in [-0.25, -0.2) is 0 Å². The molecule has 5 heteroatoms. The molecular weight excluding hydrogens is 264 g/mol. The van der Waals surface area contributed by atoms with Crippen LogP contribution in [-0.2, 0) is 9.53 Å². The summed E-state index contributed by atoms with van der Waals surface area (Å²) in [6.45, 7) is 3.38. The number of carbonyl (C=O) groups is 1. The van der Waals surface area contributed by atoms with E-state index < -0.39 is 0 Å². The lowest BCUT2D eigenvalue weighted by atomic mass is 10.1. The molecule has 1 aromatic rings. The zero-order chi connectivity index (χ0) is 13.7. The molecule has 2 rings (SSSR count). The molecule has 1 aromatic carbocycles. The Balaban J connectivity index is 2.05. The van der Waals surface area contributed by atoms with E-state index in [1.165, 1.54) is 0 Å². The van der Waals surface area contributed by atoms with Gasteiger partial charge in [0, 0.05) is 31.4 Å². The van der Waals surface area contributed by atoms with Gasteiger partial charge < -0.3 is 15.4 Å². The van der Waals surface area contributed by atoms with Crippen molar-refractivity contribution in [3.05, 3.63) is 23.2 Å². The zero-order valence-corrected chi connectivity index (χ0v) is 11.8. The summed E-state index contributed by atoms with van der Waals surface area (Å²) in [6.07, 6.45) is 2.41. The quantitative estimate of drug-likeness (QED) is 0.891. The number of hydrogen-bond acceptors (Lipinski definition) is 3. The summed E-state index contributed by atoms with van der Waals surface area (Å²) in [7, 11) is 0. The van der Waals surface area contributed by atoms with Gasteiger partial charge >= 0.3 is 0 Å². The van der Waals surface area contributed by atoms with Crippen LogP contribution in [0.3, 0.4) is 0 Å². The summed E-state index contributed by atoms with van der Waals surface area (Å²) < 4.78 is 5.33. The van der Waals surface area contributed by atoms with E-state index in [4.69, 9.17) is 16.3 Å². The van der Waals surface area contributed by atoms with Gasteiger partial charge in [-0.15, -0.1) is 0 Å². The highest BCUT2D eigenvalue weighted by Crippen LogP contribution is 2.27. The number of nitrogens with one attached hydrogen (secondary N) is 2. The number of carbonyl (C=O) groups excluding carboxylic acids is 1. The lowest BCUT2D eigenvalue weighted by Gasteiger charge is -2.25. The number of halogens is 1. The summed E-state index contributed by atoms with van der Waals surface area (Å²) in [6, 6.07) is 5.87. The van der Waals surface area contributed by atoms with Crippen molar-refractivity contribution in [1.82, 2.24) is 0 Å². The molecular formula is C14H19ClN2O2. The van der Waals surface area contributed by atoms with Crippen LogP contribution in [0.15, 0.2) is 18.2 Å². The third kappa shape index (κ3) is 4.11. The Hall–Kier alpha value is -1.26. The molecule has 1 heterocycles. The molecule has 1 amide bonds. The molecule has 104 valence electrons. The summed E-state index contributed by atoms with van der Waals surface area (Å²) >= 11 is 6.18. The van der Waals surface area contributed by atoms with Gasteiger partial charge in [0.05, 0.1) is 10.7 Å². The van der Waals surface area contributed by atoms with Crippen LogP contribution in [0, 0.1) is 0 Å². The van der Waals surface area contributed by atoms with E-state index in [0.29, 0.717) is 17.5 Å². The molecule has 1 fully saturated rings. The van der Waals surface area contributed by atoms with Crippen molar-refractivity contribution in [2.45, 2.75) is 32.2 Å². The summed E-state index contributed by atoms with van der Waals surface area (Å²) in [5.74, 6) is -0.000612. The van der Waals surface area contributed by atoms with E-state index in [0.717, 1.165) is 37.4 Å². The molecule has 19 heavy (non-hydrogen) atoms. The molecule has 0 saturated carbocycles. The summed E-state index contributed by atoms with van der Waals surface area (Å²) in [5.41, 5.74) is 1.63. The van der Waals surface area contributed by atoms with Crippen molar-refractivity contribution in [2.75, 3.05) is 23.8 Å². The Kier molecular flexibility index (Phi) is 5.05. The van der Waals surface area contributed by atoms with Crippen molar-refractivity contribution in [3.8, 4) is 0 Å². The first-order valence-electron chi connectivity index (χ1n) is 6.62. The number of amides is 1. The topological polar surface area (TPSA) is 50.4 Å². The van der Waals surface area contributed by atoms with Crippen LogP contribution in [0.1, 0.15) is 26.2 Å². The maximum atomic E-state index is 11.4. The van der Waals surface area contributed by atoms with E-state index in [9.17, 15) is 4.79 Å². The zero-order valence-electron chi connectivity index (χ0n) is 11.0. The third-order valence-corrected chi connectivity index (χ3v) is 3.48. The van der Waals surface area contributed by atoms with Crippen molar-refractivity contribution < 1.29 is 9.53 Å². The van der Waals surface area contributed by atoms with Crippen LogP contribution in [0.2, 0.25) is 5.02 Å². The normalized spacial score (nSPS) is 16.1. The fourth-order valence-corrected chi connectivity index (χ4v) is 2.20. The maximum Gasteiger partial charge on any atom is 0.224 e. The standard InChI is InChI=1S/C14H19ClN2O2/c1-2-14(18)17-11-3-4-12(15)13(9-11)16-10-5-7-19-8-6-10/h3-4,9-10,16H,2,5-8H2,1H3,(H,17,18). The minimum atomic E-state index is -0.000612. The van der Waals surface area contributed by atoms with Crippen molar-refractivity contribution in [3.63, 3.8) is 0 Å². The van der Waals surface area contributed by atoms with Crippen LogP contribution < -0.4 is 10.6 Å². The minimum Gasteiger partial charge on any atom is -0.381 e. The van der Waals surface area contributed by atoms with Crippen LogP contribution in [0.5, 0.6) is 0 Å². The predicted molar refractivity (Wildman–Crippen MR) is 77.8 cm³/mol. The molecule has 0 atom stereocenters. The van der Waals surface area contributed by atoms with Gasteiger partial charge in [-0.1, -0.05) is 18.5 Å². The Morgan fingerprint density at radius 2 is 2.16 bits per heavy atom. The number of ether oxygens (including phenoxy) is 1. The molecule has 4 nitrogen and oxygen atoms in total. The molecule has 2 N–H and O–H groups in total. The predicted octanol–water partition coefficient (Wildman–Crippen LogP) is 3.28. The number of anilines is 2. The maximum absolute atomic E-state index is 11.4. The fraction of sp³-hybridized carbons (Fsp3) is 0.500. The minimum absolute atomic E-state index is 0.000612. The summed E-state index contributed by atoms with van der Waals surface area (Å²) in [4.78, 5) is 11.4. The molecule has 0 radical (unpaired) electrons. The molecule has 0 spiro atoms. The average molecular weight is 283 g/mol. The van der Waals surface area contributed by atoms with Gasteiger partial charge in [-0.05, 0) is 31.0 Å². The number of hydrogen-bond donors (Lipinski definition) is 2. The van der Waals surface area contributed by atoms with Crippen molar-refractivity contribution in [2.24, 2.45) is 0 Å². The second kappa shape index (κ2) is 6.78. The first-order valence-corrected chi connectivity index (χ1v) is 7.00. The average Bonchev–Trinajstić information content (AvgIpc) is 2.43. The fourth-order valence-electron chi connectivity index (χ4n) is 2.02. The van der Waals surface area contributed by atoms with Crippen molar-refractivity contribution >= 4 is 28.9 Å². The van der Waals surface area contributed by atoms with Crippen LogP contribution in [0.4, 0.5) is 11.4 Å². The van der Waals surface area contributed by atoms with Gasteiger partial charge in [0.1, 0.15) is 0 Å². The first-order chi connectivity index (χ1) is 9.19. The third-order valence-electron chi connectivity index (χ3n) is 3.15. The molecule has 0 aliphatic carbocycles. The van der Waals surface area contributed by atoms with E-state index >= 15 is 0 Å². The van der Waals surface area contributed by atoms with Crippen LogP contribution in [-0.4, -0.2) is 25.2 Å². The van der Waals surface area contributed by atoms with Gasteiger partial charge in [0.2, 0.25) is 5.91 Å². The highest BCUT2D eigenvalue weighted by molar-refractivity contribution is 6.33. The van der Waals surface area contributed by atoms with Gasteiger partial charge in [-0.2, -0.15) is 0 Å². The summed E-state index contributed by atoms with van der Waals surface area (Å²) in [5, 5.41) is 6.92. The second-order valence-electron chi connectivity index (χ2n) is 4.63. The molecule has 1 saturated heterocycles. The Labute approximate surface area is 118 Å². The highest BCUT2D eigenvalue weighted by Gasteiger charge is 2.15. The van der Waals surface area contributed by atoms with E-state index in [2.05, 4.69) is 10.6 Å². The van der Waals surface area contributed by atoms with Gasteiger partial charge in [-0.3, -0.25) is 4.79 Å². The highest BCUT2D eigenvalue weighted by atomic mass is 35.5. The monoisotopic (exact) mass is 282 g/mol. The van der Waals surface area contributed by atoms with Crippen LogP contribution >= 0.6 is 11.6 Å². The van der Waals surface area contributed by atoms with Gasteiger partial charge in [0.25, 0.3) is 0 Å². The Morgan fingerprint density at radius 1 is 1.42 bits per heavy atom. The molecule has 1 aliphatic rings. The Morgan fingerprint density at radius 3 is 2.84 bits per heavy atom. The van der Waals surface area contributed by atoms with Crippen molar-refractivity contribution in [1.29, 1.82) is 0 Å². The lowest BCUT2D eigenvalue weighted by Crippen LogP contribution is -2.28. The second-order valence-corrected chi connectivity index (χ2v) is 5.03. The molecule has 0 bridgehead atoms. The van der Waals surface area contributed by atoms with E-state index in [1.807, 2.05) is 19.1 Å². The number of rotatable bonds is 4. The Bertz CT molecular complexity index is 445. The first kappa shape index (κ1) is 14.2. The van der Waals surface area contributed by atoms with Gasteiger partial charge in [0.15, 0.2) is 0 Å². The molecule has 0 aromatic heterocycles. The van der Waals surface area contributed by atoms with E-state index in [1.54, 1.807) is 6.07 Å².